The summed E-state index contributed by atoms with van der Waals surface area (Å²) in [7, 11) is -5.97. The van der Waals surface area contributed by atoms with Crippen molar-refractivity contribution in [3.8, 4) is 0 Å². The molecule has 2 unspecified atom stereocenters. The second kappa shape index (κ2) is 13.7. The van der Waals surface area contributed by atoms with E-state index >= 15 is 0 Å². The van der Waals surface area contributed by atoms with Gasteiger partial charge in [-0.1, -0.05) is 13.8 Å². The summed E-state index contributed by atoms with van der Waals surface area (Å²) in [5.41, 5.74) is -2.39. The third kappa shape index (κ3) is 10.2. The van der Waals surface area contributed by atoms with Crippen LogP contribution in [0, 0.1) is 0 Å². The maximum absolute atomic E-state index is 13.5. The molecule has 2 heterocycles. The predicted octanol–water partition coefficient (Wildman–Crippen LogP) is 4.09. The molecule has 2 aliphatic rings. The summed E-state index contributed by atoms with van der Waals surface area (Å²) in [5, 5.41) is -2.39. The molecule has 0 saturated carbocycles. The number of ether oxygens (including phenoxy) is 1. The lowest BCUT2D eigenvalue weighted by Gasteiger charge is -2.40. The number of carbonyl (C=O) groups excluding carboxylic acids is 4. The summed E-state index contributed by atoms with van der Waals surface area (Å²) < 4.78 is 51.7. The number of phosphoric ester groups is 1. The van der Waals surface area contributed by atoms with Crippen LogP contribution in [0.4, 0.5) is 0 Å². The molecule has 17 heteroatoms. The fourth-order valence-electron chi connectivity index (χ4n) is 4.89. The fraction of sp³-hybridized carbons (Fsp3) is 0.846. The minimum absolute atomic E-state index is 0.0260. The van der Waals surface area contributed by atoms with Gasteiger partial charge in [0.25, 0.3) is 0 Å². The zero-order chi connectivity index (χ0) is 33.2. The molecular weight excluding hydrogens is 626 g/mol. The molecule has 1 N–H and O–H groups in total. The molecule has 0 radical (unpaired) electrons. The average molecular weight is 673 g/mol. The predicted molar refractivity (Wildman–Crippen MR) is 159 cm³/mol. The van der Waals surface area contributed by atoms with E-state index in [4.69, 9.17) is 22.8 Å². The van der Waals surface area contributed by atoms with Crippen molar-refractivity contribution in [1.82, 2.24) is 9.80 Å². The van der Waals surface area contributed by atoms with Crippen LogP contribution >= 0.6 is 27.2 Å². The van der Waals surface area contributed by atoms with E-state index in [-0.39, 0.29) is 63.1 Å². The number of likely N-dealkylation sites (tertiary alicyclic amines) is 2. The first kappa shape index (κ1) is 38.0. The molecule has 0 aromatic carbocycles. The van der Waals surface area contributed by atoms with Gasteiger partial charge in [-0.3, -0.25) is 47.1 Å². The zero-order valence-corrected chi connectivity index (χ0v) is 29.3. The van der Waals surface area contributed by atoms with Crippen molar-refractivity contribution in [1.29, 1.82) is 0 Å². The van der Waals surface area contributed by atoms with Crippen molar-refractivity contribution in [3.63, 3.8) is 0 Å². The standard InChI is InChI=1S/C26H46N2O12P2S/c1-23(2,39-41(33,34)26(7,8)38-17-24(3,4)40-42(35,36-9)37-10)16-25(5,6)43-18-15-21(31)28(22(18)32)14-13-27-19(29)11-12-20(27)30/h18H,11-17H2,1-10H3,(H,33,34). The van der Waals surface area contributed by atoms with Crippen LogP contribution in [0.2, 0.25) is 0 Å². The number of hydrogen-bond donors (Lipinski definition) is 1. The van der Waals surface area contributed by atoms with Crippen molar-refractivity contribution < 1.29 is 56.0 Å². The Bertz CT molecular complexity index is 1160. The molecule has 2 rings (SSSR count). The molecule has 0 spiro atoms. The molecule has 2 aliphatic heterocycles. The van der Waals surface area contributed by atoms with Gasteiger partial charge in [-0.25, -0.2) is 4.57 Å². The molecule has 2 saturated heterocycles. The maximum Gasteiger partial charge on any atom is 0.474 e. The monoisotopic (exact) mass is 672 g/mol. The van der Waals surface area contributed by atoms with Crippen LogP contribution in [0.1, 0.15) is 81.1 Å². The van der Waals surface area contributed by atoms with E-state index < -0.39 is 47.9 Å². The SMILES string of the molecule is COP(=O)(OC)OC(C)(C)COC(C)(C)P(=O)(O)OC(C)(C)CC(C)(C)SC1CC(=O)N(CCN2C(=O)CCC2=O)C1=O. The van der Waals surface area contributed by atoms with Gasteiger partial charge in [-0.2, -0.15) is 0 Å². The Balaban J connectivity index is 2.01. The molecule has 43 heavy (non-hydrogen) atoms. The van der Waals surface area contributed by atoms with E-state index in [9.17, 15) is 33.2 Å². The minimum Gasteiger partial charge on any atom is -0.360 e. The number of carbonyl (C=O) groups is 4. The fourth-order valence-corrected chi connectivity index (χ4v) is 8.68. The minimum atomic E-state index is -4.46. The number of rotatable bonds is 17. The van der Waals surface area contributed by atoms with E-state index in [2.05, 4.69) is 0 Å². The zero-order valence-electron chi connectivity index (χ0n) is 26.7. The smallest absolute Gasteiger partial charge is 0.360 e. The van der Waals surface area contributed by atoms with Gasteiger partial charge in [-0.15, -0.1) is 11.8 Å². The van der Waals surface area contributed by atoms with E-state index in [0.29, 0.717) is 0 Å². The lowest BCUT2D eigenvalue weighted by atomic mass is 9.96. The molecule has 14 nitrogen and oxygen atoms in total. The highest BCUT2D eigenvalue weighted by atomic mass is 32.2. The van der Waals surface area contributed by atoms with Gasteiger partial charge >= 0.3 is 15.4 Å². The van der Waals surface area contributed by atoms with Crippen molar-refractivity contribution in [3.05, 3.63) is 0 Å². The summed E-state index contributed by atoms with van der Waals surface area (Å²) >= 11 is 1.26. The number of imide groups is 2. The number of nitrogens with zero attached hydrogens (tertiary/aromatic N) is 2. The molecule has 4 amide bonds. The highest BCUT2D eigenvalue weighted by Gasteiger charge is 2.49. The van der Waals surface area contributed by atoms with Crippen molar-refractivity contribution in [2.24, 2.45) is 0 Å². The van der Waals surface area contributed by atoms with E-state index in [1.54, 1.807) is 27.7 Å². The van der Waals surface area contributed by atoms with Gasteiger partial charge in [-0.05, 0) is 48.0 Å². The van der Waals surface area contributed by atoms with Crippen LogP contribution in [0.15, 0.2) is 0 Å². The van der Waals surface area contributed by atoms with Crippen LogP contribution in [-0.4, -0.2) is 98.8 Å². The Labute approximate surface area is 258 Å². The molecule has 0 aromatic heterocycles. The summed E-state index contributed by atoms with van der Waals surface area (Å²) in [6.07, 6.45) is 0.452. The molecule has 0 aromatic rings. The first-order valence-electron chi connectivity index (χ1n) is 13.8. The van der Waals surface area contributed by atoms with Crippen LogP contribution in [-0.2, 0) is 51.1 Å². The van der Waals surface area contributed by atoms with Gasteiger partial charge in [0.05, 0.1) is 23.1 Å². The molecule has 0 aliphatic carbocycles. The van der Waals surface area contributed by atoms with Gasteiger partial charge in [0, 0.05) is 51.3 Å². The van der Waals surface area contributed by atoms with E-state index in [0.717, 1.165) is 9.80 Å². The summed E-state index contributed by atoms with van der Waals surface area (Å²) in [4.78, 5) is 62.6. The Kier molecular flexibility index (Phi) is 12.1. The molecule has 2 fully saturated rings. The van der Waals surface area contributed by atoms with E-state index in [1.165, 1.54) is 39.8 Å². The lowest BCUT2D eigenvalue weighted by molar-refractivity contribution is -0.143. The first-order chi connectivity index (χ1) is 19.4. The molecule has 2 atom stereocenters. The van der Waals surface area contributed by atoms with Crippen LogP contribution < -0.4 is 0 Å². The number of amides is 4. The largest absolute Gasteiger partial charge is 0.474 e. The number of hydrogen-bond acceptors (Lipinski definition) is 12. The Morgan fingerprint density at radius 2 is 1.33 bits per heavy atom. The van der Waals surface area contributed by atoms with Crippen molar-refractivity contribution in [2.45, 2.75) is 108 Å². The molecule has 0 bridgehead atoms. The van der Waals surface area contributed by atoms with Gasteiger partial charge in [0.2, 0.25) is 23.6 Å². The Hall–Kier alpha value is -1.15. The van der Waals surface area contributed by atoms with Crippen LogP contribution in [0.5, 0.6) is 0 Å². The van der Waals surface area contributed by atoms with Gasteiger partial charge < -0.3 is 14.2 Å². The number of phosphoric acid groups is 1. The third-order valence-electron chi connectivity index (χ3n) is 6.85. The second-order valence-electron chi connectivity index (χ2n) is 12.8. The summed E-state index contributed by atoms with van der Waals surface area (Å²) in [5.74, 6) is -1.41. The molecular formula is C26H46N2O12P2S. The van der Waals surface area contributed by atoms with Gasteiger partial charge in [0.1, 0.15) is 0 Å². The summed E-state index contributed by atoms with van der Waals surface area (Å²) in [6.45, 7) is 12.6. The van der Waals surface area contributed by atoms with Gasteiger partial charge in [0.15, 0.2) is 5.34 Å². The third-order valence-corrected chi connectivity index (χ3v) is 12.1. The Morgan fingerprint density at radius 3 is 1.84 bits per heavy atom. The quantitative estimate of drug-likeness (QED) is 0.173. The molecule has 248 valence electrons. The normalized spacial score (nSPS) is 20.9. The van der Waals surface area contributed by atoms with Crippen molar-refractivity contribution >= 4 is 50.8 Å². The number of thioether (sulfide) groups is 1. The van der Waals surface area contributed by atoms with E-state index in [1.807, 2.05) is 13.8 Å². The average Bonchev–Trinajstić information content (AvgIpc) is 3.30. The van der Waals surface area contributed by atoms with Crippen molar-refractivity contribution in [2.75, 3.05) is 33.9 Å². The highest BCUT2D eigenvalue weighted by molar-refractivity contribution is 8.02. The maximum atomic E-state index is 13.5. The lowest BCUT2D eigenvalue weighted by Crippen LogP contribution is -2.41. The van der Waals surface area contributed by atoms with Crippen LogP contribution in [0.25, 0.3) is 0 Å². The second-order valence-corrected chi connectivity index (χ2v) is 18.9. The summed E-state index contributed by atoms with van der Waals surface area (Å²) in [6, 6.07) is 0. The first-order valence-corrected chi connectivity index (χ1v) is 17.8. The Morgan fingerprint density at radius 1 is 0.814 bits per heavy atom. The van der Waals surface area contributed by atoms with Crippen LogP contribution in [0.3, 0.4) is 0 Å². The topological polar surface area (TPSA) is 175 Å². The highest BCUT2D eigenvalue weighted by Crippen LogP contribution is 2.60.